The highest BCUT2D eigenvalue weighted by Crippen LogP contribution is 2.16. The van der Waals surface area contributed by atoms with Crippen LogP contribution in [0.1, 0.15) is 59.3 Å². The molecule has 0 aromatic rings. The lowest BCUT2D eigenvalue weighted by atomic mass is 10.0. The molecule has 1 saturated heterocycles. The first-order valence-corrected chi connectivity index (χ1v) is 9.38. The summed E-state index contributed by atoms with van der Waals surface area (Å²) in [6, 6.07) is 1.09. The largest absolute Gasteiger partial charge is 0.311 e. The average Bonchev–Trinajstić information content (AvgIpc) is 2.44. The van der Waals surface area contributed by atoms with Crippen molar-refractivity contribution in [1.82, 2.24) is 9.62 Å². The lowest BCUT2D eigenvalue weighted by Crippen LogP contribution is -2.47. The van der Waals surface area contributed by atoms with E-state index in [0.29, 0.717) is 25.2 Å². The van der Waals surface area contributed by atoms with Crippen LogP contribution >= 0.6 is 0 Å². The fraction of sp³-hybridized carbons (Fsp3) is 1.00. The summed E-state index contributed by atoms with van der Waals surface area (Å²) in [6.07, 6.45) is 6.80. The molecule has 1 N–H and O–H groups in total. The number of unbranched alkanes of at least 4 members (excludes halogenated alkanes) is 1. The summed E-state index contributed by atoms with van der Waals surface area (Å²) < 4.78 is 25.2. The molecule has 1 unspecified atom stereocenters. The minimum Gasteiger partial charge on any atom is -0.311 e. The molecule has 0 spiro atoms. The molecule has 19 heavy (non-hydrogen) atoms. The Morgan fingerprint density at radius 3 is 2.32 bits per heavy atom. The second-order valence-corrected chi connectivity index (χ2v) is 7.75. The van der Waals surface area contributed by atoms with E-state index in [2.05, 4.69) is 19.2 Å². The molecule has 5 heteroatoms. The molecule has 1 aliphatic heterocycles. The van der Waals surface area contributed by atoms with E-state index in [9.17, 15) is 8.42 Å². The zero-order valence-corrected chi connectivity index (χ0v) is 13.5. The van der Waals surface area contributed by atoms with E-state index in [4.69, 9.17) is 0 Å². The quantitative estimate of drug-likeness (QED) is 0.746. The van der Waals surface area contributed by atoms with Gasteiger partial charge in [-0.15, -0.1) is 0 Å². The molecule has 0 aromatic carbocycles. The van der Waals surface area contributed by atoms with E-state index < -0.39 is 10.0 Å². The SMILES string of the molecule is CCCCC(CC)NC1CCN(S(=O)(=O)CC)CC1. The third kappa shape index (κ3) is 5.40. The first-order valence-electron chi connectivity index (χ1n) is 7.77. The van der Waals surface area contributed by atoms with Gasteiger partial charge in [0.15, 0.2) is 0 Å². The van der Waals surface area contributed by atoms with Crippen LogP contribution < -0.4 is 5.32 Å². The molecule has 4 nitrogen and oxygen atoms in total. The Bertz CT molecular complexity index is 335. The lowest BCUT2D eigenvalue weighted by Gasteiger charge is -2.33. The maximum Gasteiger partial charge on any atom is 0.213 e. The zero-order valence-electron chi connectivity index (χ0n) is 12.7. The van der Waals surface area contributed by atoms with Crippen molar-refractivity contribution in [1.29, 1.82) is 0 Å². The van der Waals surface area contributed by atoms with E-state index in [1.165, 1.54) is 19.3 Å². The van der Waals surface area contributed by atoms with Crippen LogP contribution in [-0.4, -0.2) is 43.6 Å². The van der Waals surface area contributed by atoms with Crippen molar-refractivity contribution in [3.05, 3.63) is 0 Å². The van der Waals surface area contributed by atoms with Crippen molar-refractivity contribution < 1.29 is 8.42 Å². The summed E-state index contributed by atoms with van der Waals surface area (Å²) >= 11 is 0. The van der Waals surface area contributed by atoms with Gasteiger partial charge in [0.25, 0.3) is 0 Å². The average molecular weight is 290 g/mol. The van der Waals surface area contributed by atoms with Crippen LogP contribution in [-0.2, 0) is 10.0 Å². The van der Waals surface area contributed by atoms with Gasteiger partial charge in [-0.05, 0) is 32.6 Å². The van der Waals surface area contributed by atoms with E-state index >= 15 is 0 Å². The van der Waals surface area contributed by atoms with Crippen molar-refractivity contribution >= 4 is 10.0 Å². The van der Waals surface area contributed by atoms with Gasteiger partial charge in [0, 0.05) is 25.2 Å². The van der Waals surface area contributed by atoms with E-state index in [1.807, 2.05) is 0 Å². The first-order chi connectivity index (χ1) is 9.03. The molecule has 0 radical (unpaired) electrons. The molecule has 114 valence electrons. The predicted molar refractivity (Wildman–Crippen MR) is 80.8 cm³/mol. The Hall–Kier alpha value is -0.130. The highest BCUT2D eigenvalue weighted by molar-refractivity contribution is 7.89. The highest BCUT2D eigenvalue weighted by Gasteiger charge is 2.27. The summed E-state index contributed by atoms with van der Waals surface area (Å²) in [5.41, 5.74) is 0. The van der Waals surface area contributed by atoms with Crippen LogP contribution in [0.25, 0.3) is 0 Å². The van der Waals surface area contributed by atoms with Crippen molar-refractivity contribution in [2.24, 2.45) is 0 Å². The minimum atomic E-state index is -2.99. The number of sulfonamides is 1. The van der Waals surface area contributed by atoms with Crippen molar-refractivity contribution in [3.8, 4) is 0 Å². The van der Waals surface area contributed by atoms with Gasteiger partial charge in [-0.25, -0.2) is 12.7 Å². The third-order valence-corrected chi connectivity index (χ3v) is 5.96. The Labute approximate surface area is 119 Å². The second-order valence-electron chi connectivity index (χ2n) is 5.49. The van der Waals surface area contributed by atoms with Crippen LogP contribution in [0.5, 0.6) is 0 Å². The Balaban J connectivity index is 2.37. The van der Waals surface area contributed by atoms with Gasteiger partial charge in [0.2, 0.25) is 10.0 Å². The van der Waals surface area contributed by atoms with Crippen LogP contribution in [0.4, 0.5) is 0 Å². The minimum absolute atomic E-state index is 0.221. The summed E-state index contributed by atoms with van der Waals surface area (Å²) in [5, 5.41) is 3.71. The molecule has 0 bridgehead atoms. The maximum absolute atomic E-state index is 11.8. The Kier molecular flexibility index (Phi) is 7.32. The first kappa shape index (κ1) is 16.9. The molecule has 1 heterocycles. The highest BCUT2D eigenvalue weighted by atomic mass is 32.2. The summed E-state index contributed by atoms with van der Waals surface area (Å²) in [7, 11) is -2.99. The third-order valence-electron chi connectivity index (χ3n) is 4.08. The molecule has 1 rings (SSSR count). The van der Waals surface area contributed by atoms with E-state index in [-0.39, 0.29) is 5.75 Å². The van der Waals surface area contributed by atoms with Crippen LogP contribution in [0.3, 0.4) is 0 Å². The normalized spacial score (nSPS) is 20.6. The van der Waals surface area contributed by atoms with Gasteiger partial charge in [-0.1, -0.05) is 26.7 Å². The van der Waals surface area contributed by atoms with Gasteiger partial charge in [-0.3, -0.25) is 0 Å². The summed E-state index contributed by atoms with van der Waals surface area (Å²) in [5.74, 6) is 0.221. The number of rotatable bonds is 8. The van der Waals surface area contributed by atoms with Crippen LogP contribution in [0, 0.1) is 0 Å². The summed E-state index contributed by atoms with van der Waals surface area (Å²) in [6.45, 7) is 7.53. The molecule has 1 atom stereocenters. The second kappa shape index (κ2) is 8.22. The molecule has 0 saturated carbocycles. The van der Waals surface area contributed by atoms with Crippen molar-refractivity contribution in [2.45, 2.75) is 71.4 Å². The van der Waals surface area contributed by atoms with Crippen LogP contribution in [0.2, 0.25) is 0 Å². The predicted octanol–water partition coefficient (Wildman–Crippen LogP) is 2.36. The lowest BCUT2D eigenvalue weighted by molar-refractivity contribution is 0.265. The van der Waals surface area contributed by atoms with E-state index in [0.717, 1.165) is 19.3 Å². The molecule has 0 amide bonds. The molecule has 1 aliphatic rings. The van der Waals surface area contributed by atoms with Crippen LogP contribution in [0.15, 0.2) is 0 Å². The maximum atomic E-state index is 11.8. The van der Waals surface area contributed by atoms with Gasteiger partial charge in [0.1, 0.15) is 0 Å². The van der Waals surface area contributed by atoms with Crippen molar-refractivity contribution in [2.75, 3.05) is 18.8 Å². The van der Waals surface area contributed by atoms with E-state index in [1.54, 1.807) is 11.2 Å². The Morgan fingerprint density at radius 1 is 1.21 bits per heavy atom. The van der Waals surface area contributed by atoms with Crippen molar-refractivity contribution in [3.63, 3.8) is 0 Å². The van der Waals surface area contributed by atoms with Gasteiger partial charge < -0.3 is 5.32 Å². The molecule has 0 aromatic heterocycles. The number of hydrogen-bond donors (Lipinski definition) is 1. The van der Waals surface area contributed by atoms with Gasteiger partial charge in [0.05, 0.1) is 5.75 Å². The van der Waals surface area contributed by atoms with Gasteiger partial charge in [-0.2, -0.15) is 0 Å². The summed E-state index contributed by atoms with van der Waals surface area (Å²) in [4.78, 5) is 0. The fourth-order valence-corrected chi connectivity index (χ4v) is 3.80. The standard InChI is InChI=1S/C14H30N2O2S/c1-4-7-8-13(5-2)15-14-9-11-16(12-10-14)19(17,18)6-3/h13-15H,4-12H2,1-3H3. The number of hydrogen-bond acceptors (Lipinski definition) is 3. The molecular formula is C14H30N2O2S. The number of nitrogens with one attached hydrogen (secondary N) is 1. The fourth-order valence-electron chi connectivity index (χ4n) is 2.67. The topological polar surface area (TPSA) is 49.4 Å². The number of piperidine rings is 1. The Morgan fingerprint density at radius 2 is 1.84 bits per heavy atom. The zero-order chi connectivity index (χ0) is 14.3. The smallest absolute Gasteiger partial charge is 0.213 e. The molecule has 0 aliphatic carbocycles. The van der Waals surface area contributed by atoms with Gasteiger partial charge >= 0.3 is 0 Å². The number of nitrogens with zero attached hydrogens (tertiary/aromatic N) is 1. The molecule has 1 fully saturated rings. The monoisotopic (exact) mass is 290 g/mol. The molecular weight excluding hydrogens is 260 g/mol.